The zero-order valence-electron chi connectivity index (χ0n) is 11.6. The molecule has 0 aromatic heterocycles. The third-order valence-corrected chi connectivity index (χ3v) is 3.54. The van der Waals surface area contributed by atoms with Gasteiger partial charge in [-0.15, -0.1) is 5.06 Å². The molecule has 0 spiro atoms. The standard InChI is InChI=1S/C14H12N2O6/c1-21-15-11(17)6-8(12(15)18)7-22-16-13(19)9-4-2-3-5-10(9)14(16)20/h2-5,8H,6-7H2,1H3. The minimum Gasteiger partial charge on any atom is -0.272 e. The molecule has 2 aliphatic rings. The molecule has 2 heterocycles. The van der Waals surface area contributed by atoms with Gasteiger partial charge in [0.25, 0.3) is 23.6 Å². The maximum atomic E-state index is 12.1. The van der Waals surface area contributed by atoms with Crippen LogP contribution in [-0.4, -0.2) is 47.5 Å². The molecule has 22 heavy (non-hydrogen) atoms. The van der Waals surface area contributed by atoms with Gasteiger partial charge in [0.1, 0.15) is 0 Å². The first kappa shape index (κ1) is 14.4. The fourth-order valence-corrected chi connectivity index (χ4v) is 2.44. The lowest BCUT2D eigenvalue weighted by atomic mass is 10.1. The number of fused-ring (bicyclic) bond motifs is 1. The molecule has 1 aromatic carbocycles. The van der Waals surface area contributed by atoms with Gasteiger partial charge in [-0.05, 0) is 12.1 Å². The molecule has 8 heteroatoms. The maximum absolute atomic E-state index is 12.1. The minimum atomic E-state index is -0.781. The quantitative estimate of drug-likeness (QED) is 0.735. The molecule has 1 fully saturated rings. The summed E-state index contributed by atoms with van der Waals surface area (Å²) in [6.07, 6.45) is -0.0875. The minimum absolute atomic E-state index is 0.0875. The van der Waals surface area contributed by atoms with Crippen molar-refractivity contribution in [1.29, 1.82) is 0 Å². The predicted octanol–water partition coefficient (Wildman–Crippen LogP) is 0.151. The van der Waals surface area contributed by atoms with E-state index in [1.807, 2.05) is 0 Å². The van der Waals surface area contributed by atoms with E-state index in [1.54, 1.807) is 12.1 Å². The van der Waals surface area contributed by atoms with Crippen LogP contribution in [0, 0.1) is 5.92 Å². The van der Waals surface area contributed by atoms with Crippen molar-refractivity contribution in [1.82, 2.24) is 10.1 Å². The summed E-state index contributed by atoms with van der Waals surface area (Å²) in [7, 11) is 1.21. The summed E-state index contributed by atoms with van der Waals surface area (Å²) >= 11 is 0. The number of rotatable bonds is 4. The Morgan fingerprint density at radius 1 is 1.05 bits per heavy atom. The number of nitrogens with zero attached hydrogens (tertiary/aromatic N) is 2. The SMILES string of the molecule is CON1C(=O)CC(CON2C(=O)c3ccccc3C2=O)C1=O. The lowest BCUT2D eigenvalue weighted by molar-refractivity contribution is -0.182. The Morgan fingerprint density at radius 2 is 1.64 bits per heavy atom. The monoisotopic (exact) mass is 304 g/mol. The molecule has 0 bridgehead atoms. The molecule has 0 N–H and O–H groups in total. The first-order valence-corrected chi connectivity index (χ1v) is 6.56. The number of hydrogen-bond acceptors (Lipinski definition) is 6. The molecule has 2 aliphatic heterocycles. The van der Waals surface area contributed by atoms with Crippen LogP contribution in [0.5, 0.6) is 0 Å². The first-order valence-electron chi connectivity index (χ1n) is 6.56. The van der Waals surface area contributed by atoms with Crippen LogP contribution in [0.4, 0.5) is 0 Å². The smallest absolute Gasteiger partial charge is 0.272 e. The van der Waals surface area contributed by atoms with E-state index < -0.39 is 29.5 Å². The summed E-state index contributed by atoms with van der Waals surface area (Å²) in [6.45, 7) is -0.254. The lowest BCUT2D eigenvalue weighted by Crippen LogP contribution is -2.34. The highest BCUT2D eigenvalue weighted by atomic mass is 16.7. The van der Waals surface area contributed by atoms with Gasteiger partial charge in [0.2, 0.25) is 0 Å². The predicted molar refractivity (Wildman–Crippen MR) is 69.9 cm³/mol. The normalized spacial score (nSPS) is 21.0. The molecule has 4 amide bonds. The molecule has 0 aliphatic carbocycles. The van der Waals surface area contributed by atoms with Crippen LogP contribution in [0.2, 0.25) is 0 Å². The fraction of sp³-hybridized carbons (Fsp3) is 0.286. The van der Waals surface area contributed by atoms with Crippen LogP contribution in [0.3, 0.4) is 0 Å². The number of carbonyl (C=O) groups is 4. The van der Waals surface area contributed by atoms with Crippen molar-refractivity contribution in [3.8, 4) is 0 Å². The van der Waals surface area contributed by atoms with E-state index in [1.165, 1.54) is 19.2 Å². The molecular weight excluding hydrogens is 292 g/mol. The van der Waals surface area contributed by atoms with Crippen molar-refractivity contribution in [2.45, 2.75) is 6.42 Å². The van der Waals surface area contributed by atoms with E-state index in [-0.39, 0.29) is 24.2 Å². The van der Waals surface area contributed by atoms with E-state index in [9.17, 15) is 19.2 Å². The fourth-order valence-electron chi connectivity index (χ4n) is 2.44. The lowest BCUT2D eigenvalue weighted by Gasteiger charge is -2.15. The van der Waals surface area contributed by atoms with Gasteiger partial charge in [0, 0.05) is 6.42 Å². The van der Waals surface area contributed by atoms with Crippen LogP contribution in [0.15, 0.2) is 24.3 Å². The zero-order valence-corrected chi connectivity index (χ0v) is 11.6. The molecule has 1 atom stereocenters. The second-order valence-corrected chi connectivity index (χ2v) is 4.86. The topological polar surface area (TPSA) is 93.2 Å². The van der Waals surface area contributed by atoms with Crippen molar-refractivity contribution in [3.63, 3.8) is 0 Å². The van der Waals surface area contributed by atoms with Crippen LogP contribution >= 0.6 is 0 Å². The number of amides is 4. The van der Waals surface area contributed by atoms with E-state index in [4.69, 9.17) is 4.84 Å². The molecule has 0 radical (unpaired) electrons. The molecule has 3 rings (SSSR count). The number of hydroxylamine groups is 4. The van der Waals surface area contributed by atoms with Gasteiger partial charge < -0.3 is 0 Å². The third-order valence-electron chi connectivity index (χ3n) is 3.54. The molecule has 1 unspecified atom stereocenters. The number of carbonyl (C=O) groups excluding carboxylic acids is 4. The van der Waals surface area contributed by atoms with E-state index in [0.29, 0.717) is 10.1 Å². The van der Waals surface area contributed by atoms with E-state index >= 15 is 0 Å². The molecule has 0 saturated carbocycles. The number of benzene rings is 1. The second kappa shape index (κ2) is 5.32. The van der Waals surface area contributed by atoms with Crippen LogP contribution in [0.1, 0.15) is 27.1 Å². The van der Waals surface area contributed by atoms with Gasteiger partial charge in [-0.1, -0.05) is 12.1 Å². The molecule has 114 valence electrons. The highest BCUT2D eigenvalue weighted by molar-refractivity contribution is 6.20. The van der Waals surface area contributed by atoms with Gasteiger partial charge in [-0.3, -0.25) is 28.9 Å². The summed E-state index contributed by atoms with van der Waals surface area (Å²) in [5.74, 6) is -2.98. The summed E-state index contributed by atoms with van der Waals surface area (Å²) in [5.41, 5.74) is 0.500. The molecule has 8 nitrogen and oxygen atoms in total. The number of imide groups is 2. The first-order chi connectivity index (χ1) is 10.5. The van der Waals surface area contributed by atoms with E-state index in [2.05, 4.69) is 4.84 Å². The average molecular weight is 304 g/mol. The highest BCUT2D eigenvalue weighted by Crippen LogP contribution is 2.25. The van der Waals surface area contributed by atoms with Crippen molar-refractivity contribution in [2.75, 3.05) is 13.7 Å². The Bertz CT molecular complexity index is 651. The molecule has 1 saturated heterocycles. The Balaban J connectivity index is 1.69. The number of hydrogen-bond donors (Lipinski definition) is 0. The summed E-state index contributed by atoms with van der Waals surface area (Å²) < 4.78 is 0. The van der Waals surface area contributed by atoms with Crippen molar-refractivity contribution in [2.24, 2.45) is 5.92 Å². The average Bonchev–Trinajstić information content (AvgIpc) is 2.93. The Hall–Kier alpha value is -2.58. The van der Waals surface area contributed by atoms with Gasteiger partial charge >= 0.3 is 0 Å². The largest absolute Gasteiger partial charge is 0.285 e. The summed E-state index contributed by atoms with van der Waals surface area (Å²) in [5, 5.41) is 1.27. The van der Waals surface area contributed by atoms with Gasteiger partial charge in [-0.2, -0.15) is 5.06 Å². The highest BCUT2D eigenvalue weighted by Gasteiger charge is 2.42. The Kier molecular flexibility index (Phi) is 3.47. The van der Waals surface area contributed by atoms with Gasteiger partial charge in [0.05, 0.1) is 30.8 Å². The van der Waals surface area contributed by atoms with Gasteiger partial charge in [0.15, 0.2) is 0 Å². The van der Waals surface area contributed by atoms with Crippen LogP contribution < -0.4 is 0 Å². The van der Waals surface area contributed by atoms with Crippen LogP contribution in [0.25, 0.3) is 0 Å². The van der Waals surface area contributed by atoms with Crippen molar-refractivity contribution < 1.29 is 28.9 Å². The van der Waals surface area contributed by atoms with Crippen LogP contribution in [-0.2, 0) is 19.3 Å². The summed E-state index contributed by atoms with van der Waals surface area (Å²) in [6, 6.07) is 6.33. The maximum Gasteiger partial charge on any atom is 0.285 e. The van der Waals surface area contributed by atoms with Gasteiger partial charge in [-0.25, -0.2) is 0 Å². The molecule has 1 aromatic rings. The zero-order chi connectivity index (χ0) is 15.9. The van der Waals surface area contributed by atoms with E-state index in [0.717, 1.165) is 0 Å². The Morgan fingerprint density at radius 3 is 2.14 bits per heavy atom. The third kappa shape index (κ3) is 2.09. The van der Waals surface area contributed by atoms with Crippen molar-refractivity contribution in [3.05, 3.63) is 35.4 Å². The summed E-state index contributed by atoms with van der Waals surface area (Å²) in [4.78, 5) is 57.3. The molecular formula is C14H12N2O6. The van der Waals surface area contributed by atoms with Crippen molar-refractivity contribution >= 4 is 23.6 Å². The Labute approximate surface area is 125 Å². The second-order valence-electron chi connectivity index (χ2n) is 4.86.